The van der Waals surface area contributed by atoms with Crippen LogP contribution in [-0.4, -0.2) is 61.6 Å². The van der Waals surface area contributed by atoms with Gasteiger partial charge in [0, 0.05) is 17.2 Å². The van der Waals surface area contributed by atoms with Crippen molar-refractivity contribution in [3.8, 4) is 11.4 Å². The number of aromatic nitrogens is 3. The van der Waals surface area contributed by atoms with Gasteiger partial charge in [0.2, 0.25) is 5.91 Å². The van der Waals surface area contributed by atoms with Crippen molar-refractivity contribution in [1.29, 1.82) is 0 Å². The van der Waals surface area contributed by atoms with Gasteiger partial charge in [0.1, 0.15) is 11.3 Å². The third-order valence-corrected chi connectivity index (χ3v) is 7.06. The molecule has 1 fully saturated rings. The molecule has 186 valence electrons. The van der Waals surface area contributed by atoms with Gasteiger partial charge < -0.3 is 31.6 Å². The maximum atomic E-state index is 12.3. The first kappa shape index (κ1) is 23.8. The predicted octanol–water partition coefficient (Wildman–Crippen LogP) is 1.54. The number of aliphatic carboxylic acids is 1. The topological polar surface area (TPSA) is 183 Å². The zero-order valence-corrected chi connectivity index (χ0v) is 19.6. The highest BCUT2D eigenvalue weighted by Gasteiger charge is 2.47. The van der Waals surface area contributed by atoms with E-state index in [-0.39, 0.29) is 35.3 Å². The summed E-state index contributed by atoms with van der Waals surface area (Å²) in [6.45, 7) is -0.719. The number of nitrogens with zero attached hydrogens (tertiary/aromatic N) is 2. The van der Waals surface area contributed by atoms with Crippen LogP contribution in [0.15, 0.2) is 42.6 Å². The van der Waals surface area contributed by atoms with E-state index >= 15 is 0 Å². The lowest BCUT2D eigenvalue weighted by Crippen LogP contribution is -2.43. The number of hydrogen-bond donors (Lipinski definition) is 6. The maximum Gasteiger partial charge on any atom is 0.328 e. The Bertz CT molecular complexity index is 1390. The van der Waals surface area contributed by atoms with Crippen LogP contribution in [0.5, 0.6) is 0 Å². The SMILES string of the molecule is NC(=O)[C@@H]1[C@H](Nc2c(Cl)cnc3[nH]c(-c4ccc(C(=O)NC(CO)C(=O)O)cc4)nc23)[C@H]2C=C[C@@H]1C2. The lowest BCUT2D eigenvalue weighted by molar-refractivity contribution is -0.140. The highest BCUT2D eigenvalue weighted by Crippen LogP contribution is 2.46. The Morgan fingerprint density at radius 3 is 2.58 bits per heavy atom. The number of hydrogen-bond acceptors (Lipinski definition) is 7. The second-order valence-electron chi connectivity index (χ2n) is 8.93. The molecule has 2 heterocycles. The van der Waals surface area contributed by atoms with Gasteiger partial charge in [-0.15, -0.1) is 0 Å². The summed E-state index contributed by atoms with van der Waals surface area (Å²) in [5.74, 6) is -1.91. The number of primary amides is 1. The number of carboxylic acid groups (broad SMARTS) is 1. The number of carbonyl (C=O) groups excluding carboxylic acids is 2. The molecule has 1 aromatic carbocycles. The average Bonchev–Trinajstić information content (AvgIpc) is 3.58. The molecule has 0 aliphatic heterocycles. The number of aromatic amines is 1. The lowest BCUT2D eigenvalue weighted by Gasteiger charge is -2.27. The molecule has 2 aliphatic rings. The molecule has 5 rings (SSSR count). The highest BCUT2D eigenvalue weighted by atomic mass is 35.5. The van der Waals surface area contributed by atoms with Gasteiger partial charge in [0.05, 0.1) is 29.4 Å². The zero-order valence-electron chi connectivity index (χ0n) is 18.8. The zero-order chi connectivity index (χ0) is 25.6. The van der Waals surface area contributed by atoms with Crippen molar-refractivity contribution in [3.05, 3.63) is 53.2 Å². The number of fused-ring (bicyclic) bond motifs is 3. The van der Waals surface area contributed by atoms with Crippen molar-refractivity contribution in [2.75, 3.05) is 11.9 Å². The molecule has 11 nitrogen and oxygen atoms in total. The molecule has 1 saturated carbocycles. The van der Waals surface area contributed by atoms with Gasteiger partial charge in [0.25, 0.3) is 5.91 Å². The van der Waals surface area contributed by atoms with E-state index in [9.17, 15) is 14.4 Å². The molecule has 3 aromatic rings. The van der Waals surface area contributed by atoms with Crippen LogP contribution in [-0.2, 0) is 9.59 Å². The molecule has 2 amide bonds. The smallest absolute Gasteiger partial charge is 0.328 e. The highest BCUT2D eigenvalue weighted by molar-refractivity contribution is 6.34. The quantitative estimate of drug-likeness (QED) is 0.246. The molecule has 1 unspecified atom stereocenters. The molecule has 5 atom stereocenters. The van der Waals surface area contributed by atoms with Crippen LogP contribution in [0.4, 0.5) is 5.69 Å². The van der Waals surface area contributed by atoms with Crippen molar-refractivity contribution in [2.45, 2.75) is 18.5 Å². The molecular formula is C24H23ClN6O5. The molecular weight excluding hydrogens is 488 g/mol. The summed E-state index contributed by atoms with van der Waals surface area (Å²) in [6, 6.07) is 4.75. The van der Waals surface area contributed by atoms with Crippen LogP contribution < -0.4 is 16.4 Å². The van der Waals surface area contributed by atoms with Gasteiger partial charge in [-0.2, -0.15) is 0 Å². The van der Waals surface area contributed by atoms with Crippen molar-refractivity contribution in [1.82, 2.24) is 20.3 Å². The fourth-order valence-corrected chi connectivity index (χ4v) is 5.18. The minimum Gasteiger partial charge on any atom is -0.480 e. The largest absolute Gasteiger partial charge is 0.480 e. The van der Waals surface area contributed by atoms with Gasteiger partial charge in [-0.3, -0.25) is 9.59 Å². The van der Waals surface area contributed by atoms with E-state index in [1.54, 1.807) is 12.1 Å². The number of aliphatic hydroxyl groups is 1. The summed E-state index contributed by atoms with van der Waals surface area (Å²) in [6.07, 6.45) is 6.50. The third kappa shape index (κ3) is 4.16. The number of nitrogens with two attached hydrogens (primary N) is 1. The first-order valence-electron chi connectivity index (χ1n) is 11.3. The minimum absolute atomic E-state index is 0.106. The lowest BCUT2D eigenvalue weighted by atomic mass is 9.88. The number of nitrogens with one attached hydrogen (secondary N) is 3. The number of pyridine rings is 1. The number of amides is 2. The minimum atomic E-state index is -1.39. The average molecular weight is 511 g/mol. The molecule has 2 aliphatic carbocycles. The number of imidazole rings is 1. The number of aliphatic hydroxyl groups excluding tert-OH is 1. The second kappa shape index (κ2) is 9.25. The summed E-state index contributed by atoms with van der Waals surface area (Å²) in [5.41, 5.74) is 8.11. The number of benzene rings is 1. The van der Waals surface area contributed by atoms with Gasteiger partial charge in [-0.05, 0) is 30.4 Å². The van der Waals surface area contributed by atoms with Crippen LogP contribution in [0, 0.1) is 17.8 Å². The van der Waals surface area contributed by atoms with E-state index < -0.39 is 24.5 Å². The van der Waals surface area contributed by atoms with Crippen LogP contribution in [0.2, 0.25) is 5.02 Å². The monoisotopic (exact) mass is 510 g/mol. The van der Waals surface area contributed by atoms with Gasteiger partial charge in [-0.1, -0.05) is 35.9 Å². The Kier molecular flexibility index (Phi) is 6.10. The number of carboxylic acids is 1. The van der Waals surface area contributed by atoms with Crippen molar-refractivity contribution in [2.24, 2.45) is 23.5 Å². The summed E-state index contributed by atoms with van der Waals surface area (Å²) in [7, 11) is 0. The molecule has 0 spiro atoms. The van der Waals surface area contributed by atoms with Crippen LogP contribution in [0.1, 0.15) is 16.8 Å². The number of allylic oxidation sites excluding steroid dienone is 1. The molecule has 0 radical (unpaired) electrons. The molecule has 2 aromatic heterocycles. The summed E-state index contributed by atoms with van der Waals surface area (Å²) >= 11 is 6.48. The second-order valence-corrected chi connectivity index (χ2v) is 9.34. The Morgan fingerprint density at radius 2 is 1.92 bits per heavy atom. The van der Waals surface area contributed by atoms with Gasteiger partial charge in [0.15, 0.2) is 11.7 Å². The van der Waals surface area contributed by atoms with E-state index in [0.717, 1.165) is 6.42 Å². The number of anilines is 1. The Labute approximate surface area is 209 Å². The first-order chi connectivity index (χ1) is 17.3. The first-order valence-corrected chi connectivity index (χ1v) is 11.7. The Hall–Kier alpha value is -3.96. The Balaban J connectivity index is 1.41. The van der Waals surface area contributed by atoms with E-state index in [0.29, 0.717) is 33.3 Å². The number of H-pyrrole nitrogens is 1. The fourth-order valence-electron chi connectivity index (χ4n) is 4.98. The molecule has 0 saturated heterocycles. The third-order valence-electron chi connectivity index (χ3n) is 6.77. The van der Waals surface area contributed by atoms with Crippen molar-refractivity contribution >= 4 is 46.2 Å². The number of halogens is 1. The van der Waals surface area contributed by atoms with E-state index in [1.807, 2.05) is 6.08 Å². The Morgan fingerprint density at radius 1 is 1.19 bits per heavy atom. The molecule has 7 N–H and O–H groups in total. The summed E-state index contributed by atoms with van der Waals surface area (Å²) < 4.78 is 0. The molecule has 2 bridgehead atoms. The molecule has 12 heteroatoms. The van der Waals surface area contributed by atoms with Crippen LogP contribution in [0.25, 0.3) is 22.6 Å². The molecule has 36 heavy (non-hydrogen) atoms. The predicted molar refractivity (Wildman–Crippen MR) is 131 cm³/mol. The normalized spacial score (nSPS) is 23.1. The number of carbonyl (C=O) groups is 3. The van der Waals surface area contributed by atoms with E-state index in [1.165, 1.54) is 18.3 Å². The number of rotatable bonds is 8. The standard InChI is InChI=1S/C24H23ClN6O5/c25-14-8-27-22-19(18(14)29-17-13-6-5-12(7-13)16(17)20(26)33)30-21(31-22)10-1-3-11(4-2-10)23(34)28-15(9-32)24(35)36/h1-6,8,12-13,15-17,32H,7,9H2,(H2,26,33)(H,28,34)(H,35,36)(H2,27,29,30,31)/t12-,13+,15?,16+,17-/m1/s1. The van der Waals surface area contributed by atoms with Gasteiger partial charge >= 0.3 is 5.97 Å². The van der Waals surface area contributed by atoms with E-state index in [4.69, 9.17) is 27.5 Å². The van der Waals surface area contributed by atoms with E-state index in [2.05, 4.69) is 31.7 Å². The summed E-state index contributed by atoms with van der Waals surface area (Å²) in [4.78, 5) is 47.6. The fraction of sp³-hybridized carbons (Fsp3) is 0.292. The summed E-state index contributed by atoms with van der Waals surface area (Å²) in [5, 5.41) is 24.1. The van der Waals surface area contributed by atoms with Crippen LogP contribution >= 0.6 is 11.6 Å². The maximum absolute atomic E-state index is 12.3. The van der Waals surface area contributed by atoms with Crippen molar-refractivity contribution in [3.63, 3.8) is 0 Å². The van der Waals surface area contributed by atoms with Crippen LogP contribution in [0.3, 0.4) is 0 Å². The van der Waals surface area contributed by atoms with Gasteiger partial charge in [-0.25, -0.2) is 14.8 Å². The van der Waals surface area contributed by atoms with Crippen molar-refractivity contribution < 1.29 is 24.6 Å².